The number of hydrogen-bond donors (Lipinski definition) is 0. The Morgan fingerprint density at radius 2 is 0.808 bits per heavy atom. The maximum atomic E-state index is 13.2. The van der Waals surface area contributed by atoms with Crippen LogP contribution in [0.3, 0.4) is 0 Å². The van der Waals surface area contributed by atoms with Crippen LogP contribution in [0.25, 0.3) is 66.2 Å². The van der Waals surface area contributed by atoms with Crippen LogP contribution >= 0.6 is 34.3 Å². The summed E-state index contributed by atoms with van der Waals surface area (Å²) in [5.41, 5.74) is 9.21. The Morgan fingerprint density at radius 3 is 1.14 bits per heavy atom. The molecule has 4 atom stereocenters. The Morgan fingerprint density at radius 1 is 0.446 bits per heavy atom. The van der Waals surface area contributed by atoms with Gasteiger partial charge in [0, 0.05) is 152 Å². The molecule has 0 saturated carbocycles. The lowest BCUT2D eigenvalue weighted by atomic mass is 10.0. The van der Waals surface area contributed by atoms with Gasteiger partial charge >= 0.3 is 6.18 Å². The normalized spacial score (nSPS) is 16.5. The Balaban J connectivity index is 0.000000122. The van der Waals surface area contributed by atoms with E-state index in [-0.39, 0.29) is 86.5 Å². The molecule has 0 spiro atoms. The standard InChI is InChI=1S/C23H22F3N7O.C23H25N7O.C21H20ClF2N7OS.C21H21F2N7OS/c1-14-5-4-9-32(14)22-29-20-12-15(8-10-33(20)30-22)11-18(34)21-16(13-27-31(21)2)17-6-3-7-19(28-17)23(24,25)26;1-15-6-8-24-19(11-15)18-14-25-28(3)22(18)20(31)12-17-7-10-30-21(13-17)26-23(27-30)29-9-4-5-16(29)2;1-11-4-3-6-30(11)21-26-15-9-12(5-7-31(15)28-21)8-14(32)17-13(10-25-29(17)2)20-27-16(19(23)24)18(22)33-20;1-12-4-3-6-29(12)21-26-17-9-13(5-7-30(17)27-21)8-16(31)18-14(10-24-28(18)2)20-25-15(11-32-20)19(22)23/h3,6-8,10,12-14H,4-5,9,11H2,1-2H3;6-8,10-11,13-14,16H,4-5,9,12H2,1-3H3;5,7,9-11,19H,3-4,6,8H2,1-2H3;5,7,9-12,19H,3-4,6,8H2,1-2H3/t14-;16-;11-;12-/m0000/s1. The molecular formula is C88H88ClF7N28O4S2. The van der Waals surface area contributed by atoms with E-state index >= 15 is 0 Å². The molecule has 0 bridgehead atoms. The molecule has 16 aromatic heterocycles. The second-order valence-electron chi connectivity index (χ2n) is 32.7. The van der Waals surface area contributed by atoms with Gasteiger partial charge in [-0.15, -0.1) is 43.1 Å². The van der Waals surface area contributed by atoms with Crippen molar-refractivity contribution in [2.24, 2.45) is 28.2 Å². The summed E-state index contributed by atoms with van der Waals surface area (Å²) in [5.74, 6) is 2.13. The number of nitrogens with zero attached hydrogens (tertiary/aromatic N) is 28. The highest BCUT2D eigenvalue weighted by atomic mass is 35.5. The molecule has 0 unspecified atom stereocenters. The van der Waals surface area contributed by atoms with E-state index in [1.165, 1.54) is 56.6 Å². The third-order valence-electron chi connectivity index (χ3n) is 23.6. The summed E-state index contributed by atoms with van der Waals surface area (Å²) in [6.07, 6.45) is 14.5. The monoisotopic (exact) mass is 1830 g/mol. The van der Waals surface area contributed by atoms with Gasteiger partial charge in [-0.2, -0.15) is 53.5 Å². The summed E-state index contributed by atoms with van der Waals surface area (Å²) in [5, 5.41) is 36.9. The summed E-state index contributed by atoms with van der Waals surface area (Å²) in [4.78, 5) is 96.2. The van der Waals surface area contributed by atoms with Gasteiger partial charge in [0.05, 0.1) is 47.3 Å². The van der Waals surface area contributed by atoms with Gasteiger partial charge in [0.2, 0.25) is 23.8 Å². The summed E-state index contributed by atoms with van der Waals surface area (Å²) in [6.45, 7) is 14.5. The third kappa shape index (κ3) is 18.6. The second-order valence-corrected chi connectivity index (χ2v) is 35.2. The number of carbonyl (C=O) groups is 4. The van der Waals surface area contributed by atoms with E-state index in [4.69, 9.17) is 16.6 Å². The predicted molar refractivity (Wildman–Crippen MR) is 474 cm³/mol. The number of aromatic nitrogens is 24. The zero-order valence-electron chi connectivity index (χ0n) is 72.1. The van der Waals surface area contributed by atoms with Crippen molar-refractivity contribution in [1.82, 2.24) is 117 Å². The number of anilines is 4. The highest BCUT2D eigenvalue weighted by molar-refractivity contribution is 7.19. The second kappa shape index (κ2) is 37.0. The number of pyridine rings is 6. The molecule has 4 fully saturated rings. The van der Waals surface area contributed by atoms with Gasteiger partial charge in [-0.1, -0.05) is 17.7 Å². The summed E-state index contributed by atoms with van der Waals surface area (Å²) in [6, 6.07) is 24.0. The number of Topliss-reactive ketones (excluding diaryl/α,β-unsaturated/α-hetero) is 4. The number of rotatable bonds is 22. The van der Waals surface area contributed by atoms with Crippen LogP contribution in [-0.4, -0.2) is 191 Å². The van der Waals surface area contributed by atoms with Crippen molar-refractivity contribution in [3.8, 4) is 43.7 Å². The number of fused-ring (bicyclic) bond motifs is 4. The maximum Gasteiger partial charge on any atom is 0.433 e. The minimum absolute atomic E-state index is 0.00411. The smallest absolute Gasteiger partial charge is 0.337 e. The van der Waals surface area contributed by atoms with Crippen molar-refractivity contribution in [2.75, 3.05) is 45.8 Å². The average Bonchev–Trinajstić information content (AvgIpc) is 1.61. The van der Waals surface area contributed by atoms with Crippen LogP contribution in [0.5, 0.6) is 0 Å². The van der Waals surface area contributed by atoms with Crippen molar-refractivity contribution >= 4 is 104 Å². The summed E-state index contributed by atoms with van der Waals surface area (Å²) < 4.78 is 104. The molecule has 672 valence electrons. The largest absolute Gasteiger partial charge is 0.433 e. The Labute approximate surface area is 751 Å². The highest BCUT2D eigenvalue weighted by Gasteiger charge is 2.36. The molecule has 42 heteroatoms. The minimum atomic E-state index is -4.58. The molecule has 20 rings (SSSR count). The van der Waals surface area contributed by atoms with Crippen LogP contribution in [0.1, 0.15) is 179 Å². The molecule has 4 aliphatic rings. The third-order valence-corrected chi connectivity index (χ3v) is 25.8. The van der Waals surface area contributed by atoms with Gasteiger partial charge in [-0.05, 0) is 187 Å². The summed E-state index contributed by atoms with van der Waals surface area (Å²) in [7, 11) is 6.65. The molecule has 0 N–H and O–H groups in total. The SMILES string of the molecule is C[C@H]1CCCN1c1nc2cc(CC(=O)c3c(-c4cccc(C(F)(F)F)n4)cnn3C)ccn2n1.C[C@H]1CCCN1c1nc2cc(CC(=O)c3c(-c4nc(C(F)F)c(Cl)s4)cnn3C)ccn2n1.C[C@H]1CCCN1c1nc2cc(CC(=O)c3c(-c4nc(C(F)F)cs4)cnn3C)ccn2n1.Cc1ccnc(-c2cnn(C)c2C(=O)Cc2ccn3nc(N4CCC[C@@H]4C)nc3c2)c1. The van der Waals surface area contributed by atoms with E-state index in [0.717, 1.165) is 151 Å². The van der Waals surface area contributed by atoms with E-state index in [1.54, 1.807) is 94.1 Å². The first kappa shape index (κ1) is 88.6. The number of hydrogen-bond acceptors (Lipinski definition) is 26. The zero-order valence-corrected chi connectivity index (χ0v) is 74.4. The fraction of sp³-hybridized carbons (Fsp3) is 0.364. The van der Waals surface area contributed by atoms with Crippen LogP contribution < -0.4 is 19.6 Å². The van der Waals surface area contributed by atoms with Crippen LogP contribution in [-0.2, 0) is 60.1 Å². The van der Waals surface area contributed by atoms with E-state index in [1.807, 2.05) is 61.7 Å². The molecule has 0 radical (unpaired) electrons. The first-order valence-electron chi connectivity index (χ1n) is 42.3. The Bertz CT molecular complexity index is 6920. The summed E-state index contributed by atoms with van der Waals surface area (Å²) >= 11 is 7.90. The molecule has 16 aromatic rings. The molecule has 32 nitrogen and oxygen atoms in total. The van der Waals surface area contributed by atoms with Gasteiger partial charge < -0.3 is 19.6 Å². The van der Waals surface area contributed by atoms with Crippen LogP contribution in [0, 0.1) is 6.92 Å². The van der Waals surface area contributed by atoms with Gasteiger partial charge in [-0.25, -0.2) is 50.6 Å². The van der Waals surface area contributed by atoms with Gasteiger partial charge in [0.1, 0.15) is 54.2 Å². The number of aryl methyl sites for hydroxylation is 5. The van der Waals surface area contributed by atoms with Crippen LogP contribution in [0.4, 0.5) is 54.5 Å². The van der Waals surface area contributed by atoms with Gasteiger partial charge in [-0.3, -0.25) is 42.9 Å². The molecule has 0 aliphatic carbocycles. The first-order valence-corrected chi connectivity index (χ1v) is 44.3. The highest BCUT2D eigenvalue weighted by Crippen LogP contribution is 2.40. The average molecular weight is 1830 g/mol. The lowest BCUT2D eigenvalue weighted by molar-refractivity contribution is -0.141. The topological polar surface area (TPSA) is 325 Å². The molecule has 20 heterocycles. The van der Waals surface area contributed by atoms with Crippen LogP contribution in [0.15, 0.2) is 140 Å². The predicted octanol–water partition coefficient (Wildman–Crippen LogP) is 15.7. The molecule has 0 aromatic carbocycles. The lowest BCUT2D eigenvalue weighted by Gasteiger charge is -2.18. The van der Waals surface area contributed by atoms with Crippen molar-refractivity contribution in [3.05, 3.63) is 212 Å². The number of thiazole rings is 2. The maximum absolute atomic E-state index is 13.2. The van der Waals surface area contributed by atoms with Crippen molar-refractivity contribution < 1.29 is 49.9 Å². The van der Waals surface area contributed by atoms with Crippen molar-refractivity contribution in [2.45, 2.75) is 155 Å². The molecule has 130 heavy (non-hydrogen) atoms. The van der Waals surface area contributed by atoms with E-state index in [0.29, 0.717) is 86.5 Å². The first-order chi connectivity index (χ1) is 62.4. The molecule has 4 saturated heterocycles. The van der Waals surface area contributed by atoms with Crippen LogP contribution in [0.2, 0.25) is 4.34 Å². The number of ketones is 4. The van der Waals surface area contributed by atoms with Crippen molar-refractivity contribution in [3.63, 3.8) is 0 Å². The molecule has 0 amide bonds. The lowest BCUT2D eigenvalue weighted by Crippen LogP contribution is -2.27. The van der Waals surface area contributed by atoms with Gasteiger partial charge in [0.15, 0.2) is 45.7 Å². The minimum Gasteiger partial charge on any atom is -0.337 e. The zero-order chi connectivity index (χ0) is 91.2. The molecule has 4 aliphatic heterocycles. The number of halogens is 8. The van der Waals surface area contributed by atoms with Gasteiger partial charge in [0.25, 0.3) is 12.9 Å². The number of carbonyl (C=O) groups excluding carboxylic acids is 4. The fourth-order valence-corrected chi connectivity index (χ4v) is 18.8. The quantitative estimate of drug-likeness (QED) is 0.0449. The fourth-order valence-electron chi connectivity index (χ4n) is 16.8. The van der Waals surface area contributed by atoms with E-state index in [2.05, 4.69) is 123 Å². The van der Waals surface area contributed by atoms with E-state index < -0.39 is 30.4 Å². The Hall–Kier alpha value is -13.4. The van der Waals surface area contributed by atoms with Crippen molar-refractivity contribution in [1.29, 1.82) is 0 Å². The Kier molecular flexibility index (Phi) is 25.2. The molecular weight excluding hydrogens is 1750 g/mol. The number of alkyl halides is 7. The van der Waals surface area contributed by atoms with E-state index in [9.17, 15) is 49.9 Å².